The summed E-state index contributed by atoms with van der Waals surface area (Å²) in [6.45, 7) is 1.82. The van der Waals surface area contributed by atoms with Gasteiger partial charge in [-0.2, -0.15) is 5.10 Å². The van der Waals surface area contributed by atoms with Crippen molar-refractivity contribution >= 4 is 30.7 Å². The molecule has 2 aliphatic heterocycles. The first kappa shape index (κ1) is 19.2. The van der Waals surface area contributed by atoms with Crippen molar-refractivity contribution < 1.29 is 9.18 Å². The molecule has 0 spiro atoms. The summed E-state index contributed by atoms with van der Waals surface area (Å²) in [6.07, 6.45) is 5.33. The van der Waals surface area contributed by atoms with E-state index < -0.39 is 6.17 Å². The fourth-order valence-electron chi connectivity index (χ4n) is 3.19. The Morgan fingerprint density at radius 1 is 1.36 bits per heavy atom. The highest BCUT2D eigenvalue weighted by atomic mass is 35.5. The molecule has 2 aliphatic rings. The molecule has 3 rings (SSSR count). The number of carbonyl (C=O) groups excluding carboxylic acids is 1. The molecule has 0 aliphatic carbocycles. The highest BCUT2D eigenvalue weighted by Crippen LogP contribution is 2.28. The number of hydrogen-bond acceptors (Lipinski definition) is 3. The van der Waals surface area contributed by atoms with Crippen LogP contribution < -0.4 is 5.32 Å². The lowest BCUT2D eigenvalue weighted by atomic mass is 9.91. The van der Waals surface area contributed by atoms with Crippen LogP contribution in [0.15, 0.2) is 12.4 Å². The molecule has 2 fully saturated rings. The van der Waals surface area contributed by atoms with Gasteiger partial charge in [-0.1, -0.05) is 0 Å². The Balaban J connectivity index is 0.00000121. The lowest BCUT2D eigenvalue weighted by Gasteiger charge is -2.33. The first-order chi connectivity index (χ1) is 9.63. The number of aryl methyl sites for hydroxylation is 1. The highest BCUT2D eigenvalue weighted by Gasteiger charge is 2.34. The molecular formula is C14H23Cl2FN4O. The number of aromatic nitrogens is 2. The molecule has 2 atom stereocenters. The average Bonchev–Trinajstić information content (AvgIpc) is 3.07. The Labute approximate surface area is 142 Å². The molecule has 5 nitrogen and oxygen atoms in total. The maximum absolute atomic E-state index is 13.1. The van der Waals surface area contributed by atoms with Crippen LogP contribution in [0.4, 0.5) is 4.39 Å². The maximum Gasteiger partial charge on any atom is 0.239 e. The number of carbonyl (C=O) groups is 1. The van der Waals surface area contributed by atoms with Crippen LogP contribution >= 0.6 is 24.8 Å². The summed E-state index contributed by atoms with van der Waals surface area (Å²) < 4.78 is 15.0. The minimum absolute atomic E-state index is 0. The van der Waals surface area contributed by atoms with E-state index in [0.717, 1.165) is 25.9 Å². The highest BCUT2D eigenvalue weighted by molar-refractivity contribution is 5.85. The van der Waals surface area contributed by atoms with E-state index in [0.29, 0.717) is 18.9 Å². The van der Waals surface area contributed by atoms with Crippen LogP contribution in [0, 0.1) is 0 Å². The summed E-state index contributed by atoms with van der Waals surface area (Å²) in [5.74, 6) is 0.549. The van der Waals surface area contributed by atoms with Gasteiger partial charge in [0.25, 0.3) is 0 Å². The quantitative estimate of drug-likeness (QED) is 0.880. The summed E-state index contributed by atoms with van der Waals surface area (Å²) in [5, 5.41) is 7.17. The van der Waals surface area contributed by atoms with Crippen LogP contribution in [0.1, 0.15) is 30.7 Å². The van der Waals surface area contributed by atoms with Crippen molar-refractivity contribution in [1.29, 1.82) is 0 Å². The van der Waals surface area contributed by atoms with Crippen molar-refractivity contribution in [2.75, 3.05) is 19.6 Å². The number of piperidine rings is 1. The zero-order valence-corrected chi connectivity index (χ0v) is 14.2. The van der Waals surface area contributed by atoms with E-state index in [1.165, 1.54) is 5.56 Å². The third-order valence-electron chi connectivity index (χ3n) is 4.38. The van der Waals surface area contributed by atoms with Gasteiger partial charge in [0.05, 0.1) is 12.2 Å². The Morgan fingerprint density at radius 2 is 2.05 bits per heavy atom. The molecule has 0 bridgehead atoms. The summed E-state index contributed by atoms with van der Waals surface area (Å²) in [6, 6.07) is -0.319. The summed E-state index contributed by atoms with van der Waals surface area (Å²) >= 11 is 0. The summed E-state index contributed by atoms with van der Waals surface area (Å²) in [7, 11) is 1.92. The molecule has 1 N–H and O–H groups in total. The zero-order valence-electron chi connectivity index (χ0n) is 12.6. The van der Waals surface area contributed by atoms with Gasteiger partial charge < -0.3 is 10.2 Å². The minimum Gasteiger partial charge on any atom is -0.341 e. The van der Waals surface area contributed by atoms with Crippen molar-refractivity contribution in [2.45, 2.75) is 37.4 Å². The Bertz CT molecular complexity index is 491. The third kappa shape index (κ3) is 4.12. The number of halogens is 3. The van der Waals surface area contributed by atoms with E-state index in [1.54, 1.807) is 0 Å². The van der Waals surface area contributed by atoms with Gasteiger partial charge in [-0.15, -0.1) is 24.8 Å². The Kier molecular flexibility index (Phi) is 7.09. The van der Waals surface area contributed by atoms with Gasteiger partial charge in [-0.25, -0.2) is 4.39 Å². The monoisotopic (exact) mass is 352 g/mol. The lowest BCUT2D eigenvalue weighted by molar-refractivity contribution is -0.134. The van der Waals surface area contributed by atoms with E-state index in [-0.39, 0.29) is 36.8 Å². The van der Waals surface area contributed by atoms with Crippen LogP contribution in [0.2, 0.25) is 0 Å². The van der Waals surface area contributed by atoms with E-state index in [9.17, 15) is 9.18 Å². The predicted octanol–water partition coefficient (Wildman–Crippen LogP) is 1.67. The second-order valence-electron chi connectivity index (χ2n) is 5.84. The molecule has 2 saturated heterocycles. The fraction of sp³-hybridized carbons (Fsp3) is 0.714. The molecule has 22 heavy (non-hydrogen) atoms. The maximum atomic E-state index is 13.1. The third-order valence-corrected chi connectivity index (χ3v) is 4.38. The van der Waals surface area contributed by atoms with Crippen molar-refractivity contribution in [3.63, 3.8) is 0 Å². The van der Waals surface area contributed by atoms with Gasteiger partial charge in [-0.3, -0.25) is 9.48 Å². The zero-order chi connectivity index (χ0) is 14.1. The molecule has 1 aromatic heterocycles. The molecule has 3 heterocycles. The van der Waals surface area contributed by atoms with Crippen molar-refractivity contribution in [2.24, 2.45) is 7.05 Å². The summed E-state index contributed by atoms with van der Waals surface area (Å²) in [4.78, 5) is 14.2. The number of alkyl halides is 1. The minimum atomic E-state index is -0.878. The number of hydrogen-bond donors (Lipinski definition) is 1. The Hall–Kier alpha value is -0.850. The molecule has 0 unspecified atom stereocenters. The largest absolute Gasteiger partial charge is 0.341 e. The molecular weight excluding hydrogens is 330 g/mol. The summed E-state index contributed by atoms with van der Waals surface area (Å²) in [5.41, 5.74) is 1.25. The number of amides is 1. The standard InChI is InChI=1S/C14H21FN4O.2ClH/c1-18-9-11(7-17-18)10-2-4-19(5-3-10)14(20)13-6-12(15)8-16-13;;/h7,9-10,12-13,16H,2-6,8H2,1H3;2*1H/t12-,13+;;/m0../s1. The van der Waals surface area contributed by atoms with Gasteiger partial charge in [0, 0.05) is 39.3 Å². The molecule has 0 radical (unpaired) electrons. The van der Waals surface area contributed by atoms with E-state index in [2.05, 4.69) is 10.4 Å². The van der Waals surface area contributed by atoms with Gasteiger partial charge in [0.15, 0.2) is 0 Å². The topological polar surface area (TPSA) is 50.2 Å². The van der Waals surface area contributed by atoms with Crippen LogP contribution in [0.5, 0.6) is 0 Å². The smallest absolute Gasteiger partial charge is 0.239 e. The van der Waals surface area contributed by atoms with E-state index >= 15 is 0 Å². The van der Waals surface area contributed by atoms with Gasteiger partial charge in [0.1, 0.15) is 6.17 Å². The van der Waals surface area contributed by atoms with Crippen LogP contribution in [-0.2, 0) is 11.8 Å². The van der Waals surface area contributed by atoms with Crippen molar-refractivity contribution in [3.8, 4) is 0 Å². The molecule has 1 aromatic rings. The molecule has 0 aromatic carbocycles. The van der Waals surface area contributed by atoms with Crippen molar-refractivity contribution in [1.82, 2.24) is 20.0 Å². The van der Waals surface area contributed by atoms with Gasteiger partial charge in [-0.05, 0) is 24.3 Å². The number of rotatable bonds is 2. The van der Waals surface area contributed by atoms with E-state index in [1.807, 2.05) is 29.0 Å². The molecule has 8 heteroatoms. The van der Waals surface area contributed by atoms with Crippen LogP contribution in [0.25, 0.3) is 0 Å². The molecule has 1 amide bonds. The lowest BCUT2D eigenvalue weighted by Crippen LogP contribution is -2.46. The van der Waals surface area contributed by atoms with Gasteiger partial charge >= 0.3 is 0 Å². The number of likely N-dealkylation sites (tertiary alicyclic amines) is 1. The van der Waals surface area contributed by atoms with Crippen molar-refractivity contribution in [3.05, 3.63) is 18.0 Å². The second-order valence-corrected chi connectivity index (χ2v) is 5.84. The second kappa shape index (κ2) is 8.13. The fourth-order valence-corrected chi connectivity index (χ4v) is 3.19. The van der Waals surface area contributed by atoms with Crippen LogP contribution in [0.3, 0.4) is 0 Å². The van der Waals surface area contributed by atoms with Crippen LogP contribution in [-0.4, -0.2) is 52.4 Å². The first-order valence-corrected chi connectivity index (χ1v) is 7.28. The first-order valence-electron chi connectivity index (χ1n) is 7.28. The Morgan fingerprint density at radius 3 is 2.55 bits per heavy atom. The molecule has 0 saturated carbocycles. The normalized spacial score (nSPS) is 25.5. The number of nitrogens with zero attached hydrogens (tertiary/aromatic N) is 3. The van der Waals surface area contributed by atoms with Gasteiger partial charge in [0.2, 0.25) is 5.91 Å². The SMILES string of the molecule is Cl.Cl.Cn1cc(C2CCN(C(=O)[C@H]3C[C@H](F)CN3)CC2)cn1. The predicted molar refractivity (Wildman–Crippen MR) is 87.6 cm³/mol. The number of nitrogens with one attached hydrogen (secondary N) is 1. The van der Waals surface area contributed by atoms with E-state index in [4.69, 9.17) is 0 Å². The molecule has 126 valence electrons. The average molecular weight is 353 g/mol.